The summed E-state index contributed by atoms with van der Waals surface area (Å²) in [4.78, 5) is 12.1. The molecule has 1 unspecified atom stereocenters. The average molecular weight is 231 g/mol. The fourth-order valence-corrected chi connectivity index (χ4v) is 1.97. The number of carbonyl (C=O) groups is 1. The van der Waals surface area contributed by atoms with E-state index in [1.807, 2.05) is 38.1 Å². The van der Waals surface area contributed by atoms with Gasteiger partial charge in [-0.2, -0.15) is 5.10 Å². The lowest BCUT2D eigenvalue weighted by atomic mass is 10.0. The van der Waals surface area contributed by atoms with Crippen LogP contribution in [0.15, 0.2) is 29.4 Å². The molecular formula is C13H17N3O. The van der Waals surface area contributed by atoms with Gasteiger partial charge in [-0.15, -0.1) is 0 Å². The zero-order valence-corrected chi connectivity index (χ0v) is 10.2. The number of amides is 1. The molecule has 0 saturated carbocycles. The van der Waals surface area contributed by atoms with E-state index in [2.05, 4.69) is 5.10 Å². The predicted octanol–water partition coefficient (Wildman–Crippen LogP) is 1.68. The van der Waals surface area contributed by atoms with Gasteiger partial charge in [0, 0.05) is 5.71 Å². The highest BCUT2D eigenvalue weighted by Gasteiger charge is 2.33. The molecule has 0 spiro atoms. The second kappa shape index (κ2) is 4.67. The van der Waals surface area contributed by atoms with Crippen molar-refractivity contribution in [2.45, 2.75) is 20.3 Å². The fraction of sp³-hybridized carbons (Fsp3) is 0.385. The Morgan fingerprint density at radius 3 is 2.53 bits per heavy atom. The van der Waals surface area contributed by atoms with Gasteiger partial charge in [-0.1, -0.05) is 17.7 Å². The van der Waals surface area contributed by atoms with E-state index in [0.717, 1.165) is 11.4 Å². The van der Waals surface area contributed by atoms with E-state index in [1.54, 1.807) is 0 Å². The third kappa shape index (κ3) is 2.22. The van der Waals surface area contributed by atoms with Gasteiger partial charge in [-0.3, -0.25) is 4.79 Å². The van der Waals surface area contributed by atoms with Gasteiger partial charge >= 0.3 is 0 Å². The van der Waals surface area contributed by atoms with Crippen molar-refractivity contribution in [2.24, 2.45) is 16.8 Å². The Labute approximate surface area is 101 Å². The zero-order chi connectivity index (χ0) is 12.4. The van der Waals surface area contributed by atoms with Gasteiger partial charge in [0.15, 0.2) is 0 Å². The van der Waals surface area contributed by atoms with Crippen molar-refractivity contribution in [3.05, 3.63) is 29.8 Å². The number of carbonyl (C=O) groups excluding carboxylic acids is 1. The number of anilines is 1. The van der Waals surface area contributed by atoms with Crippen molar-refractivity contribution in [3.63, 3.8) is 0 Å². The molecule has 1 aliphatic rings. The van der Waals surface area contributed by atoms with Gasteiger partial charge in [0.2, 0.25) is 0 Å². The van der Waals surface area contributed by atoms with E-state index in [1.165, 1.54) is 10.6 Å². The highest BCUT2D eigenvalue weighted by molar-refractivity contribution is 6.14. The Morgan fingerprint density at radius 2 is 1.94 bits per heavy atom. The van der Waals surface area contributed by atoms with Crippen molar-refractivity contribution >= 4 is 17.3 Å². The van der Waals surface area contributed by atoms with Crippen LogP contribution in [0.5, 0.6) is 0 Å². The summed E-state index contributed by atoms with van der Waals surface area (Å²) in [6, 6.07) is 7.77. The molecule has 2 rings (SSSR count). The van der Waals surface area contributed by atoms with Crippen LogP contribution in [0.2, 0.25) is 0 Å². The molecule has 0 fully saturated rings. The molecule has 0 aliphatic carbocycles. The molecule has 2 N–H and O–H groups in total. The van der Waals surface area contributed by atoms with E-state index < -0.39 is 0 Å². The second-order valence-electron chi connectivity index (χ2n) is 4.36. The molecule has 4 nitrogen and oxygen atoms in total. The number of nitrogens with zero attached hydrogens (tertiary/aromatic N) is 2. The molecule has 0 saturated heterocycles. The minimum atomic E-state index is -0.152. The maximum Gasteiger partial charge on any atom is 0.256 e. The van der Waals surface area contributed by atoms with Crippen LogP contribution in [0.1, 0.15) is 18.9 Å². The summed E-state index contributed by atoms with van der Waals surface area (Å²) < 4.78 is 0. The third-order valence-electron chi connectivity index (χ3n) is 3.00. The van der Waals surface area contributed by atoms with Crippen molar-refractivity contribution < 1.29 is 4.79 Å². The number of hydrogen-bond acceptors (Lipinski definition) is 3. The SMILES string of the molecule is CC1=NN(c2ccc(C)cc2)C(=O)C1CCN. The number of nitrogens with two attached hydrogens (primary N) is 1. The summed E-state index contributed by atoms with van der Waals surface area (Å²) in [7, 11) is 0. The largest absolute Gasteiger partial charge is 0.330 e. The molecule has 1 aliphatic heterocycles. The molecule has 17 heavy (non-hydrogen) atoms. The van der Waals surface area contributed by atoms with E-state index >= 15 is 0 Å². The van der Waals surface area contributed by atoms with Crippen LogP contribution in [0.3, 0.4) is 0 Å². The van der Waals surface area contributed by atoms with Gasteiger partial charge in [0.05, 0.1) is 11.6 Å². The average Bonchev–Trinajstić information content (AvgIpc) is 2.59. The lowest BCUT2D eigenvalue weighted by Crippen LogP contribution is -2.28. The van der Waals surface area contributed by atoms with Crippen LogP contribution >= 0.6 is 0 Å². The van der Waals surface area contributed by atoms with Crippen LogP contribution in [0.4, 0.5) is 5.69 Å². The summed E-state index contributed by atoms with van der Waals surface area (Å²) in [5.41, 5.74) is 8.34. The minimum absolute atomic E-state index is 0.0248. The zero-order valence-electron chi connectivity index (χ0n) is 10.2. The van der Waals surface area contributed by atoms with Crippen LogP contribution in [0.25, 0.3) is 0 Å². The van der Waals surface area contributed by atoms with Crippen LogP contribution in [-0.4, -0.2) is 18.2 Å². The molecule has 1 atom stereocenters. The van der Waals surface area contributed by atoms with E-state index in [4.69, 9.17) is 5.73 Å². The van der Waals surface area contributed by atoms with Crippen molar-refractivity contribution in [2.75, 3.05) is 11.6 Å². The first-order valence-electron chi connectivity index (χ1n) is 5.79. The molecule has 1 aromatic carbocycles. The van der Waals surface area contributed by atoms with Crippen LogP contribution in [-0.2, 0) is 4.79 Å². The Balaban J connectivity index is 2.24. The maximum absolute atomic E-state index is 12.1. The quantitative estimate of drug-likeness (QED) is 0.860. The topological polar surface area (TPSA) is 58.7 Å². The van der Waals surface area contributed by atoms with Gasteiger partial charge in [-0.25, -0.2) is 5.01 Å². The molecule has 0 radical (unpaired) electrons. The molecule has 1 aromatic rings. The first kappa shape index (κ1) is 11.8. The number of aryl methyl sites for hydroxylation is 1. The number of hydrazone groups is 1. The Kier molecular flexibility index (Phi) is 3.24. The molecule has 4 heteroatoms. The Bertz CT molecular complexity index is 450. The summed E-state index contributed by atoms with van der Waals surface area (Å²) in [5, 5.41) is 5.80. The Hall–Kier alpha value is -1.68. The van der Waals surface area contributed by atoms with E-state index in [0.29, 0.717) is 13.0 Å². The molecular weight excluding hydrogens is 214 g/mol. The lowest BCUT2D eigenvalue weighted by molar-refractivity contribution is -0.119. The van der Waals surface area contributed by atoms with Crippen molar-refractivity contribution in [1.29, 1.82) is 0 Å². The Morgan fingerprint density at radius 1 is 1.29 bits per heavy atom. The molecule has 1 heterocycles. The summed E-state index contributed by atoms with van der Waals surface area (Å²) in [6.07, 6.45) is 0.663. The maximum atomic E-state index is 12.1. The summed E-state index contributed by atoms with van der Waals surface area (Å²) in [6.45, 7) is 4.40. The highest BCUT2D eigenvalue weighted by Crippen LogP contribution is 2.25. The van der Waals surface area contributed by atoms with Crippen LogP contribution < -0.4 is 10.7 Å². The highest BCUT2D eigenvalue weighted by atomic mass is 16.2. The van der Waals surface area contributed by atoms with Gasteiger partial charge in [0.1, 0.15) is 0 Å². The number of benzene rings is 1. The molecule has 0 bridgehead atoms. The summed E-state index contributed by atoms with van der Waals surface area (Å²) >= 11 is 0. The third-order valence-corrected chi connectivity index (χ3v) is 3.00. The lowest BCUT2D eigenvalue weighted by Gasteiger charge is -2.14. The second-order valence-corrected chi connectivity index (χ2v) is 4.36. The first-order valence-corrected chi connectivity index (χ1v) is 5.79. The van der Waals surface area contributed by atoms with Crippen molar-refractivity contribution in [1.82, 2.24) is 0 Å². The van der Waals surface area contributed by atoms with Crippen molar-refractivity contribution in [3.8, 4) is 0 Å². The molecule has 1 amide bonds. The number of hydrogen-bond donors (Lipinski definition) is 1. The minimum Gasteiger partial charge on any atom is -0.330 e. The van der Waals surface area contributed by atoms with E-state index in [9.17, 15) is 4.79 Å². The van der Waals surface area contributed by atoms with Gasteiger partial charge in [0.25, 0.3) is 5.91 Å². The monoisotopic (exact) mass is 231 g/mol. The standard InChI is InChI=1S/C13H17N3O/c1-9-3-5-11(6-4-9)16-13(17)12(7-8-14)10(2)15-16/h3-6,12H,7-8,14H2,1-2H3. The fourth-order valence-electron chi connectivity index (χ4n) is 1.97. The predicted molar refractivity (Wildman–Crippen MR) is 68.9 cm³/mol. The van der Waals surface area contributed by atoms with Gasteiger partial charge < -0.3 is 5.73 Å². The smallest absolute Gasteiger partial charge is 0.256 e. The van der Waals surface area contributed by atoms with Crippen LogP contribution in [0, 0.1) is 12.8 Å². The normalized spacial score (nSPS) is 19.7. The number of rotatable bonds is 3. The van der Waals surface area contributed by atoms with E-state index in [-0.39, 0.29) is 11.8 Å². The first-order chi connectivity index (χ1) is 8.13. The summed E-state index contributed by atoms with van der Waals surface area (Å²) in [5.74, 6) is -0.127. The molecule has 90 valence electrons. The molecule has 0 aromatic heterocycles. The van der Waals surface area contributed by atoms with Gasteiger partial charge in [-0.05, 0) is 38.9 Å².